The zero-order valence-corrected chi connectivity index (χ0v) is 19.6. The van der Waals surface area contributed by atoms with Gasteiger partial charge in [0.25, 0.3) is 0 Å². The molecule has 0 amide bonds. The summed E-state index contributed by atoms with van der Waals surface area (Å²) < 4.78 is 31.4. The highest BCUT2D eigenvalue weighted by molar-refractivity contribution is 5.92. The molecule has 1 aromatic carbocycles. The fourth-order valence-corrected chi connectivity index (χ4v) is 4.92. The number of hydrogen-bond acceptors (Lipinski definition) is 7. The summed E-state index contributed by atoms with van der Waals surface area (Å²) in [6.45, 7) is 9.36. The van der Waals surface area contributed by atoms with E-state index in [9.17, 15) is 13.9 Å². The molecule has 1 aliphatic heterocycles. The zero-order valence-electron chi connectivity index (χ0n) is 19.6. The SMILES string of the molecule is Cc1c(N2CC(C)CC(c3nc4c5cc(F)cc(F)c5nc(N)n4n3)C2)cnn1C(C)C(C)O. The first-order valence-electron chi connectivity index (χ1n) is 11.4. The Morgan fingerprint density at radius 2 is 1.94 bits per heavy atom. The monoisotopic (exact) mass is 470 g/mol. The van der Waals surface area contributed by atoms with Gasteiger partial charge in [-0.2, -0.15) is 9.61 Å². The summed E-state index contributed by atoms with van der Waals surface area (Å²) in [6, 6.07) is 1.84. The lowest BCUT2D eigenvalue weighted by molar-refractivity contribution is 0.131. The molecule has 5 rings (SSSR count). The van der Waals surface area contributed by atoms with Crippen LogP contribution in [0.5, 0.6) is 0 Å². The van der Waals surface area contributed by atoms with Gasteiger partial charge in [0.2, 0.25) is 5.95 Å². The molecule has 1 saturated heterocycles. The molecule has 4 heterocycles. The Kier molecular flexibility index (Phi) is 5.38. The molecule has 0 aliphatic carbocycles. The van der Waals surface area contributed by atoms with Crippen molar-refractivity contribution in [3.05, 3.63) is 41.5 Å². The van der Waals surface area contributed by atoms with Gasteiger partial charge in [-0.05, 0) is 39.2 Å². The van der Waals surface area contributed by atoms with Gasteiger partial charge >= 0.3 is 0 Å². The maximum absolute atomic E-state index is 14.3. The molecule has 0 spiro atoms. The number of benzene rings is 1. The van der Waals surface area contributed by atoms with Crippen LogP contribution in [-0.4, -0.2) is 53.7 Å². The molecule has 11 heteroatoms. The van der Waals surface area contributed by atoms with E-state index < -0.39 is 17.7 Å². The van der Waals surface area contributed by atoms with Gasteiger partial charge in [-0.15, -0.1) is 5.10 Å². The Hall–Kier alpha value is -3.34. The van der Waals surface area contributed by atoms with Crippen molar-refractivity contribution in [2.45, 2.75) is 52.2 Å². The molecule has 4 unspecified atom stereocenters. The van der Waals surface area contributed by atoms with Crippen LogP contribution in [0.1, 0.15) is 50.7 Å². The van der Waals surface area contributed by atoms with Gasteiger partial charge in [0, 0.05) is 25.1 Å². The van der Waals surface area contributed by atoms with Crippen molar-refractivity contribution in [2.75, 3.05) is 23.7 Å². The minimum Gasteiger partial charge on any atom is -0.391 e. The van der Waals surface area contributed by atoms with E-state index in [1.807, 2.05) is 24.7 Å². The summed E-state index contributed by atoms with van der Waals surface area (Å²) in [4.78, 5) is 11.0. The number of aliphatic hydroxyl groups excluding tert-OH is 1. The van der Waals surface area contributed by atoms with E-state index in [4.69, 9.17) is 5.73 Å². The first kappa shape index (κ1) is 22.5. The van der Waals surface area contributed by atoms with E-state index in [-0.39, 0.29) is 34.5 Å². The fraction of sp³-hybridized carbons (Fsp3) is 0.478. The van der Waals surface area contributed by atoms with Crippen LogP contribution in [0.2, 0.25) is 0 Å². The summed E-state index contributed by atoms with van der Waals surface area (Å²) in [5.41, 5.74) is 8.28. The number of nitrogens with two attached hydrogens (primary N) is 1. The van der Waals surface area contributed by atoms with E-state index >= 15 is 0 Å². The van der Waals surface area contributed by atoms with Crippen molar-refractivity contribution in [3.8, 4) is 0 Å². The number of nitrogen functional groups attached to an aromatic ring is 1. The maximum atomic E-state index is 14.3. The second kappa shape index (κ2) is 8.15. The third-order valence-electron chi connectivity index (χ3n) is 6.80. The molecule has 1 fully saturated rings. The lowest BCUT2D eigenvalue weighted by Crippen LogP contribution is -2.39. The Morgan fingerprint density at radius 1 is 1.18 bits per heavy atom. The standard InChI is InChI=1S/C23H28F2N8O/c1-11-5-15(10-31(9-11)19-8-27-32(13(19)3)12(2)14(4)34)21-29-22-17-6-16(24)7-18(25)20(17)28-23(26)33(22)30-21/h6-8,11-12,14-15,34H,5,9-10H2,1-4H3,(H2,26,28). The number of fused-ring (bicyclic) bond motifs is 3. The predicted octanol–water partition coefficient (Wildman–Crippen LogP) is 3.21. The average Bonchev–Trinajstić information content (AvgIpc) is 3.38. The molecule has 0 bridgehead atoms. The van der Waals surface area contributed by atoms with Crippen LogP contribution in [0.4, 0.5) is 20.4 Å². The van der Waals surface area contributed by atoms with E-state index in [0.717, 1.165) is 30.4 Å². The molecule has 3 aromatic heterocycles. The number of piperidine rings is 1. The van der Waals surface area contributed by atoms with Crippen LogP contribution < -0.4 is 10.6 Å². The minimum absolute atomic E-state index is 0.00305. The second-order valence-corrected chi connectivity index (χ2v) is 9.44. The number of hydrogen-bond donors (Lipinski definition) is 2. The quantitative estimate of drug-likeness (QED) is 0.471. The summed E-state index contributed by atoms with van der Waals surface area (Å²) in [5, 5.41) is 19.3. The molecule has 34 heavy (non-hydrogen) atoms. The second-order valence-electron chi connectivity index (χ2n) is 9.44. The average molecular weight is 471 g/mol. The molecule has 1 aliphatic rings. The van der Waals surface area contributed by atoms with Crippen molar-refractivity contribution in [1.29, 1.82) is 0 Å². The van der Waals surface area contributed by atoms with Gasteiger partial charge in [0.1, 0.15) is 11.3 Å². The van der Waals surface area contributed by atoms with Crippen LogP contribution in [-0.2, 0) is 0 Å². The molecule has 4 aromatic rings. The number of aliphatic hydroxyl groups is 1. The van der Waals surface area contributed by atoms with Crippen molar-refractivity contribution in [2.24, 2.45) is 5.92 Å². The predicted molar refractivity (Wildman–Crippen MR) is 125 cm³/mol. The summed E-state index contributed by atoms with van der Waals surface area (Å²) >= 11 is 0. The van der Waals surface area contributed by atoms with Crippen molar-refractivity contribution < 1.29 is 13.9 Å². The molecular weight excluding hydrogens is 442 g/mol. The van der Waals surface area contributed by atoms with E-state index in [1.165, 1.54) is 10.6 Å². The van der Waals surface area contributed by atoms with E-state index in [2.05, 4.69) is 32.0 Å². The first-order chi connectivity index (χ1) is 16.1. The first-order valence-corrected chi connectivity index (χ1v) is 11.4. The maximum Gasteiger partial charge on any atom is 0.223 e. The van der Waals surface area contributed by atoms with Crippen LogP contribution >= 0.6 is 0 Å². The van der Waals surface area contributed by atoms with E-state index in [1.54, 1.807) is 6.92 Å². The van der Waals surface area contributed by atoms with Gasteiger partial charge in [0.15, 0.2) is 17.3 Å². The largest absolute Gasteiger partial charge is 0.391 e. The summed E-state index contributed by atoms with van der Waals surface area (Å²) in [6.07, 6.45) is 2.17. The zero-order chi connectivity index (χ0) is 24.3. The Morgan fingerprint density at radius 3 is 2.68 bits per heavy atom. The number of aromatic nitrogens is 6. The molecule has 0 radical (unpaired) electrons. The third-order valence-corrected chi connectivity index (χ3v) is 6.80. The molecule has 180 valence electrons. The normalized spacial score (nSPS) is 20.9. The Balaban J connectivity index is 1.53. The Bertz CT molecular complexity index is 1380. The molecule has 9 nitrogen and oxygen atoms in total. The van der Waals surface area contributed by atoms with Crippen LogP contribution in [0, 0.1) is 24.5 Å². The molecule has 0 saturated carbocycles. The van der Waals surface area contributed by atoms with Gasteiger partial charge in [-0.25, -0.2) is 18.7 Å². The van der Waals surface area contributed by atoms with Crippen LogP contribution in [0.15, 0.2) is 18.3 Å². The summed E-state index contributed by atoms with van der Waals surface area (Å²) in [5.74, 6) is -0.608. The van der Waals surface area contributed by atoms with Crippen molar-refractivity contribution in [3.63, 3.8) is 0 Å². The number of rotatable bonds is 4. The highest BCUT2D eigenvalue weighted by atomic mass is 19.1. The highest BCUT2D eigenvalue weighted by Crippen LogP contribution is 2.34. The van der Waals surface area contributed by atoms with Crippen LogP contribution in [0.25, 0.3) is 16.6 Å². The van der Waals surface area contributed by atoms with E-state index in [0.29, 0.717) is 18.3 Å². The van der Waals surface area contributed by atoms with Gasteiger partial charge < -0.3 is 15.7 Å². The summed E-state index contributed by atoms with van der Waals surface area (Å²) in [7, 11) is 0. The van der Waals surface area contributed by atoms with Crippen LogP contribution in [0.3, 0.4) is 0 Å². The highest BCUT2D eigenvalue weighted by Gasteiger charge is 2.31. The molecule has 4 atom stereocenters. The Labute approximate surface area is 195 Å². The minimum atomic E-state index is -0.787. The smallest absolute Gasteiger partial charge is 0.223 e. The number of anilines is 2. The van der Waals surface area contributed by atoms with Crippen molar-refractivity contribution in [1.82, 2.24) is 29.4 Å². The lowest BCUT2D eigenvalue weighted by atomic mass is 9.89. The third kappa shape index (κ3) is 3.64. The topological polar surface area (TPSA) is 110 Å². The fourth-order valence-electron chi connectivity index (χ4n) is 4.92. The van der Waals surface area contributed by atoms with Gasteiger partial charge in [-0.3, -0.25) is 4.68 Å². The number of nitrogens with zero attached hydrogens (tertiary/aromatic N) is 7. The van der Waals surface area contributed by atoms with Gasteiger partial charge in [-0.1, -0.05) is 6.92 Å². The molecular formula is C23H28F2N8O. The molecule has 3 N–H and O–H groups in total. The van der Waals surface area contributed by atoms with Crippen molar-refractivity contribution >= 4 is 28.2 Å². The lowest BCUT2D eigenvalue weighted by Gasteiger charge is -2.36. The van der Waals surface area contributed by atoms with Gasteiger partial charge in [0.05, 0.1) is 35.1 Å². The number of halogens is 2.